The van der Waals surface area contributed by atoms with E-state index in [-0.39, 0.29) is 12.0 Å². The first-order valence-electron chi connectivity index (χ1n) is 11.3. The van der Waals surface area contributed by atoms with Gasteiger partial charge in [0.1, 0.15) is 12.5 Å². The molecule has 3 rings (SSSR count). The van der Waals surface area contributed by atoms with Crippen LogP contribution in [0.15, 0.2) is 54.6 Å². The van der Waals surface area contributed by atoms with Crippen LogP contribution in [0.2, 0.25) is 0 Å². The summed E-state index contributed by atoms with van der Waals surface area (Å²) in [5.74, 6) is -1.40. The highest BCUT2D eigenvalue weighted by molar-refractivity contribution is 5.70. The summed E-state index contributed by atoms with van der Waals surface area (Å²) in [5.41, 5.74) is 1.45. The van der Waals surface area contributed by atoms with Gasteiger partial charge >= 0.3 is 18.3 Å². The van der Waals surface area contributed by atoms with Crippen LogP contribution in [0.3, 0.4) is 0 Å². The molecule has 0 spiro atoms. The van der Waals surface area contributed by atoms with Gasteiger partial charge in [-0.3, -0.25) is 4.79 Å². The van der Waals surface area contributed by atoms with Crippen LogP contribution in [0.25, 0.3) is 11.1 Å². The second-order valence-corrected chi connectivity index (χ2v) is 8.05. The van der Waals surface area contributed by atoms with Crippen LogP contribution in [0.5, 0.6) is 5.75 Å². The number of carbonyl (C=O) groups is 1. The molecule has 0 aromatic heterocycles. The largest absolute Gasteiger partial charge is 0.481 e. The highest BCUT2D eigenvalue weighted by Crippen LogP contribution is 2.37. The SMILES string of the molecule is CCOCOC1CCC(C(=O)O)CC1.FC(C(F)(F)F)C(F)(F)Oc1ccc(-c2ccccc2)cc1. The number of halogens is 6. The Morgan fingerprint density at radius 3 is 2.00 bits per heavy atom. The molecule has 1 atom stereocenters. The average molecular weight is 522 g/mol. The summed E-state index contributed by atoms with van der Waals surface area (Å²) < 4.78 is 89.3. The van der Waals surface area contributed by atoms with Gasteiger partial charge in [-0.15, -0.1) is 0 Å². The van der Waals surface area contributed by atoms with E-state index in [0.29, 0.717) is 19.0 Å². The standard InChI is InChI=1S/C15H10F6O.C10H18O4/c16-13(14(17,18)19)15(20,21)22-12-8-6-11(7-9-12)10-4-2-1-3-5-10;1-2-13-7-14-9-5-3-8(4-6-9)10(11)12/h1-9,13H;8-9H,2-7H2,1H3,(H,11,12). The maximum atomic E-state index is 13.1. The Morgan fingerprint density at radius 2 is 1.50 bits per heavy atom. The lowest BCUT2D eigenvalue weighted by molar-refractivity contribution is -0.304. The number of carboxylic acid groups (broad SMARTS) is 1. The number of ether oxygens (including phenoxy) is 3. The molecule has 5 nitrogen and oxygen atoms in total. The summed E-state index contributed by atoms with van der Waals surface area (Å²) >= 11 is 0. The third kappa shape index (κ3) is 9.34. The number of aliphatic carboxylic acids is 1. The van der Waals surface area contributed by atoms with Gasteiger partial charge in [-0.05, 0) is 55.9 Å². The molecule has 1 aliphatic carbocycles. The van der Waals surface area contributed by atoms with Crippen molar-refractivity contribution < 1.29 is 50.5 Å². The minimum absolute atomic E-state index is 0.165. The van der Waals surface area contributed by atoms with Crippen molar-refractivity contribution in [1.82, 2.24) is 0 Å². The number of benzene rings is 2. The van der Waals surface area contributed by atoms with E-state index in [1.807, 2.05) is 6.92 Å². The van der Waals surface area contributed by atoms with Gasteiger partial charge in [0, 0.05) is 6.61 Å². The molecule has 2 aromatic rings. The van der Waals surface area contributed by atoms with Gasteiger partial charge in [0.05, 0.1) is 12.0 Å². The van der Waals surface area contributed by atoms with Crippen LogP contribution in [-0.2, 0) is 14.3 Å². The topological polar surface area (TPSA) is 65.0 Å². The fourth-order valence-corrected chi connectivity index (χ4v) is 3.45. The Labute approximate surface area is 205 Å². The van der Waals surface area contributed by atoms with Crippen molar-refractivity contribution in [3.05, 3.63) is 54.6 Å². The van der Waals surface area contributed by atoms with E-state index in [0.717, 1.165) is 43.4 Å². The van der Waals surface area contributed by atoms with E-state index in [1.54, 1.807) is 30.3 Å². The zero-order valence-electron chi connectivity index (χ0n) is 19.5. The van der Waals surface area contributed by atoms with Crippen molar-refractivity contribution in [3.63, 3.8) is 0 Å². The third-order valence-corrected chi connectivity index (χ3v) is 5.41. The number of carboxylic acids is 1. The number of hydrogen-bond acceptors (Lipinski definition) is 4. The molecule has 11 heteroatoms. The molecule has 0 saturated heterocycles. The van der Waals surface area contributed by atoms with Crippen molar-refractivity contribution in [2.45, 2.75) is 57.2 Å². The van der Waals surface area contributed by atoms with Crippen LogP contribution >= 0.6 is 0 Å². The van der Waals surface area contributed by atoms with E-state index in [9.17, 15) is 31.1 Å². The molecule has 0 aliphatic heterocycles. The molecule has 0 bridgehead atoms. The van der Waals surface area contributed by atoms with Crippen LogP contribution in [0, 0.1) is 5.92 Å². The molecule has 200 valence electrons. The fourth-order valence-electron chi connectivity index (χ4n) is 3.45. The van der Waals surface area contributed by atoms with E-state index in [2.05, 4.69) is 4.74 Å². The zero-order chi connectivity index (χ0) is 26.8. The van der Waals surface area contributed by atoms with Gasteiger partial charge in [0.15, 0.2) is 0 Å². The Kier molecular flexibility index (Phi) is 11.0. The molecule has 1 unspecified atom stereocenters. The summed E-state index contributed by atoms with van der Waals surface area (Å²) in [5, 5.41) is 8.77. The van der Waals surface area contributed by atoms with E-state index < -0.39 is 30.2 Å². The molecule has 2 aromatic carbocycles. The second-order valence-electron chi connectivity index (χ2n) is 8.05. The Hall–Kier alpha value is -2.79. The highest BCUT2D eigenvalue weighted by atomic mass is 19.4. The lowest BCUT2D eigenvalue weighted by atomic mass is 9.87. The molecule has 1 saturated carbocycles. The maximum Gasteiger partial charge on any atom is 0.439 e. The van der Waals surface area contributed by atoms with E-state index in [4.69, 9.17) is 14.6 Å². The van der Waals surface area contributed by atoms with Gasteiger partial charge in [-0.1, -0.05) is 42.5 Å². The van der Waals surface area contributed by atoms with Crippen molar-refractivity contribution in [2.24, 2.45) is 5.92 Å². The summed E-state index contributed by atoms with van der Waals surface area (Å²) in [4.78, 5) is 10.7. The predicted octanol–water partition coefficient (Wildman–Crippen LogP) is 6.87. The van der Waals surface area contributed by atoms with Crippen LogP contribution < -0.4 is 4.74 Å². The lowest BCUT2D eigenvalue weighted by Gasteiger charge is -2.25. The van der Waals surface area contributed by atoms with Gasteiger partial charge in [-0.2, -0.15) is 22.0 Å². The van der Waals surface area contributed by atoms with Crippen LogP contribution in [0.4, 0.5) is 26.3 Å². The molecule has 1 aliphatic rings. The first-order valence-corrected chi connectivity index (χ1v) is 11.3. The Balaban J connectivity index is 0.000000281. The fraction of sp³-hybridized carbons (Fsp3) is 0.480. The summed E-state index contributed by atoms with van der Waals surface area (Å²) in [7, 11) is 0. The predicted molar refractivity (Wildman–Crippen MR) is 119 cm³/mol. The highest BCUT2D eigenvalue weighted by Gasteiger charge is 2.59. The number of rotatable bonds is 9. The van der Waals surface area contributed by atoms with Crippen molar-refractivity contribution >= 4 is 5.97 Å². The zero-order valence-corrected chi connectivity index (χ0v) is 19.5. The van der Waals surface area contributed by atoms with Crippen molar-refractivity contribution in [2.75, 3.05) is 13.4 Å². The molecule has 0 radical (unpaired) electrons. The third-order valence-electron chi connectivity index (χ3n) is 5.41. The van der Waals surface area contributed by atoms with Gasteiger partial charge in [0.25, 0.3) is 6.17 Å². The van der Waals surface area contributed by atoms with Gasteiger partial charge in [-0.25, -0.2) is 4.39 Å². The number of alkyl halides is 6. The van der Waals surface area contributed by atoms with Crippen molar-refractivity contribution in [3.8, 4) is 16.9 Å². The second kappa shape index (κ2) is 13.5. The monoisotopic (exact) mass is 522 g/mol. The first-order chi connectivity index (χ1) is 16.9. The minimum Gasteiger partial charge on any atom is -0.481 e. The van der Waals surface area contributed by atoms with Gasteiger partial charge < -0.3 is 19.3 Å². The van der Waals surface area contributed by atoms with Crippen LogP contribution in [-0.4, -0.2) is 49.0 Å². The Bertz CT molecular complexity index is 913. The summed E-state index contributed by atoms with van der Waals surface area (Å²) in [6, 6.07) is 13.8. The normalized spacial score (nSPS) is 19.1. The average Bonchev–Trinajstić information content (AvgIpc) is 2.85. The molecule has 1 fully saturated rings. The smallest absolute Gasteiger partial charge is 0.439 e. The van der Waals surface area contributed by atoms with E-state index in [1.165, 1.54) is 12.1 Å². The minimum atomic E-state index is -5.70. The Morgan fingerprint density at radius 1 is 0.944 bits per heavy atom. The number of hydrogen-bond donors (Lipinski definition) is 1. The molecule has 0 amide bonds. The molecule has 0 heterocycles. The molecular weight excluding hydrogens is 494 g/mol. The molecular formula is C25H28F6O5. The quantitative estimate of drug-likeness (QED) is 0.221. The molecule has 1 N–H and O–H groups in total. The lowest BCUT2D eigenvalue weighted by Crippen LogP contribution is -2.45. The maximum absolute atomic E-state index is 13.1. The van der Waals surface area contributed by atoms with Crippen molar-refractivity contribution in [1.29, 1.82) is 0 Å². The van der Waals surface area contributed by atoms with E-state index >= 15 is 0 Å². The molecule has 36 heavy (non-hydrogen) atoms. The van der Waals surface area contributed by atoms with Crippen LogP contribution in [0.1, 0.15) is 32.6 Å². The van der Waals surface area contributed by atoms with Gasteiger partial charge in [0.2, 0.25) is 0 Å². The summed E-state index contributed by atoms with van der Waals surface area (Å²) in [6.45, 7) is 2.91. The first kappa shape index (κ1) is 29.4. The summed E-state index contributed by atoms with van der Waals surface area (Å²) in [6.07, 6.45) is -11.8.